The Labute approximate surface area is 93.9 Å². The highest BCUT2D eigenvalue weighted by Crippen LogP contribution is 2.32. The van der Waals surface area contributed by atoms with Crippen molar-refractivity contribution in [1.29, 1.82) is 0 Å². The van der Waals surface area contributed by atoms with Crippen LogP contribution in [-0.4, -0.2) is 0 Å². The third kappa shape index (κ3) is 3.71. The first-order chi connectivity index (χ1) is 6.82. The van der Waals surface area contributed by atoms with Crippen LogP contribution >= 0.6 is 0 Å². The minimum absolute atomic E-state index is 0.0279. The van der Waals surface area contributed by atoms with Gasteiger partial charge < -0.3 is 10.2 Å². The Morgan fingerprint density at radius 1 is 1.20 bits per heavy atom. The Morgan fingerprint density at radius 2 is 1.67 bits per heavy atom. The molecule has 0 unspecified atom stereocenters. The molecule has 0 aromatic carbocycles. The maximum atomic E-state index is 6.06. The fourth-order valence-corrected chi connectivity index (χ4v) is 1.18. The number of aryl methyl sites for hydroxylation is 2. The molecule has 1 aromatic rings. The molecule has 1 atom stereocenters. The van der Waals surface area contributed by atoms with Crippen molar-refractivity contribution in [3.63, 3.8) is 0 Å². The highest BCUT2D eigenvalue weighted by Gasteiger charge is 2.25. The van der Waals surface area contributed by atoms with Gasteiger partial charge in [-0.05, 0) is 30.9 Å². The molecule has 2 heteroatoms. The minimum Gasteiger partial charge on any atom is -0.464 e. The molecule has 0 amide bonds. The maximum absolute atomic E-state index is 6.06. The van der Waals surface area contributed by atoms with E-state index in [1.165, 1.54) is 5.56 Å². The lowest BCUT2D eigenvalue weighted by atomic mass is 9.86. The molecule has 0 aliphatic rings. The molecule has 0 fully saturated rings. The molecule has 0 radical (unpaired) electrons. The van der Waals surface area contributed by atoms with Gasteiger partial charge in [-0.25, -0.2) is 0 Å². The standard InChI is InChI=1S/C11H19NO.C2H6/c1-7-6-9(13-8(7)2)10(12)11(3,4)5;1-2/h6,10H,12H2,1-5H3;1-2H3/t10-;/m0./s1. The van der Waals surface area contributed by atoms with Gasteiger partial charge in [0.1, 0.15) is 11.5 Å². The van der Waals surface area contributed by atoms with Crippen molar-refractivity contribution in [3.05, 3.63) is 23.2 Å². The number of hydrogen-bond donors (Lipinski definition) is 1. The van der Waals surface area contributed by atoms with Crippen LogP contribution in [-0.2, 0) is 0 Å². The Morgan fingerprint density at radius 3 is 1.93 bits per heavy atom. The minimum atomic E-state index is -0.0279. The van der Waals surface area contributed by atoms with Crippen LogP contribution in [0.1, 0.15) is 57.7 Å². The van der Waals surface area contributed by atoms with Crippen molar-refractivity contribution in [2.75, 3.05) is 0 Å². The van der Waals surface area contributed by atoms with Crippen LogP contribution in [0.3, 0.4) is 0 Å². The van der Waals surface area contributed by atoms with Crippen LogP contribution in [0, 0.1) is 19.3 Å². The number of nitrogens with two attached hydrogens (primary N) is 1. The van der Waals surface area contributed by atoms with Crippen molar-refractivity contribution in [2.24, 2.45) is 11.1 Å². The Hall–Kier alpha value is -0.760. The normalized spacial score (nSPS) is 13.1. The monoisotopic (exact) mass is 211 g/mol. The summed E-state index contributed by atoms with van der Waals surface area (Å²) in [5, 5.41) is 0. The lowest BCUT2D eigenvalue weighted by Crippen LogP contribution is -2.25. The molecule has 0 saturated carbocycles. The molecular formula is C13H25NO. The maximum Gasteiger partial charge on any atom is 0.121 e. The van der Waals surface area contributed by atoms with E-state index in [1.807, 2.05) is 33.8 Å². The summed E-state index contributed by atoms with van der Waals surface area (Å²) in [6.07, 6.45) is 0. The average Bonchev–Trinajstić information content (AvgIpc) is 2.47. The van der Waals surface area contributed by atoms with Gasteiger partial charge in [0.05, 0.1) is 6.04 Å². The molecule has 0 aliphatic carbocycles. The quantitative estimate of drug-likeness (QED) is 0.763. The van der Waals surface area contributed by atoms with E-state index in [0.29, 0.717) is 0 Å². The van der Waals surface area contributed by atoms with Gasteiger partial charge >= 0.3 is 0 Å². The lowest BCUT2D eigenvalue weighted by molar-refractivity contribution is 0.282. The van der Waals surface area contributed by atoms with Gasteiger partial charge in [-0.1, -0.05) is 34.6 Å². The molecule has 1 aromatic heterocycles. The molecule has 2 nitrogen and oxygen atoms in total. The van der Waals surface area contributed by atoms with Crippen LogP contribution < -0.4 is 5.73 Å². The first kappa shape index (κ1) is 14.2. The third-order valence-corrected chi connectivity index (χ3v) is 2.42. The molecule has 0 aliphatic heterocycles. The van der Waals surface area contributed by atoms with Crippen LogP contribution in [0.5, 0.6) is 0 Å². The van der Waals surface area contributed by atoms with Crippen molar-refractivity contribution in [3.8, 4) is 0 Å². The van der Waals surface area contributed by atoms with Gasteiger partial charge in [0.25, 0.3) is 0 Å². The predicted molar refractivity (Wildman–Crippen MR) is 65.9 cm³/mol. The lowest BCUT2D eigenvalue weighted by Gasteiger charge is -2.24. The molecule has 0 spiro atoms. The molecule has 1 rings (SSSR count). The second-order valence-corrected chi connectivity index (χ2v) is 4.73. The molecule has 0 bridgehead atoms. The van der Waals surface area contributed by atoms with E-state index in [0.717, 1.165) is 11.5 Å². The van der Waals surface area contributed by atoms with E-state index in [2.05, 4.69) is 20.8 Å². The van der Waals surface area contributed by atoms with Gasteiger partial charge in [0, 0.05) is 0 Å². The zero-order valence-electron chi connectivity index (χ0n) is 11.1. The van der Waals surface area contributed by atoms with Crippen molar-refractivity contribution >= 4 is 0 Å². The van der Waals surface area contributed by atoms with Gasteiger partial charge in [0.2, 0.25) is 0 Å². The SMILES string of the molecule is CC.Cc1cc([C@H](N)C(C)(C)C)oc1C. The summed E-state index contributed by atoms with van der Waals surface area (Å²) in [4.78, 5) is 0. The number of furan rings is 1. The topological polar surface area (TPSA) is 39.2 Å². The largest absolute Gasteiger partial charge is 0.464 e. The first-order valence-electron chi connectivity index (χ1n) is 5.65. The van der Waals surface area contributed by atoms with Gasteiger partial charge in [-0.15, -0.1) is 0 Å². The van der Waals surface area contributed by atoms with Gasteiger partial charge in [-0.2, -0.15) is 0 Å². The Balaban J connectivity index is 0.000000921. The predicted octanol–water partition coefficient (Wildman–Crippen LogP) is 3.97. The van der Waals surface area contributed by atoms with E-state index < -0.39 is 0 Å². The van der Waals surface area contributed by atoms with Crippen molar-refractivity contribution < 1.29 is 4.42 Å². The molecule has 88 valence electrons. The molecular weight excluding hydrogens is 186 g/mol. The zero-order chi connectivity index (χ0) is 12.2. The fourth-order valence-electron chi connectivity index (χ4n) is 1.18. The second kappa shape index (κ2) is 5.36. The van der Waals surface area contributed by atoms with E-state index in [9.17, 15) is 0 Å². The van der Waals surface area contributed by atoms with E-state index >= 15 is 0 Å². The van der Waals surface area contributed by atoms with Crippen LogP contribution in [0.4, 0.5) is 0 Å². The summed E-state index contributed by atoms with van der Waals surface area (Å²) < 4.78 is 5.58. The highest BCUT2D eigenvalue weighted by molar-refractivity contribution is 5.21. The number of hydrogen-bond acceptors (Lipinski definition) is 2. The zero-order valence-corrected chi connectivity index (χ0v) is 11.1. The summed E-state index contributed by atoms with van der Waals surface area (Å²) in [5.74, 6) is 1.86. The average molecular weight is 211 g/mol. The van der Waals surface area contributed by atoms with E-state index in [-0.39, 0.29) is 11.5 Å². The highest BCUT2D eigenvalue weighted by atomic mass is 16.3. The molecule has 2 N–H and O–H groups in total. The first-order valence-corrected chi connectivity index (χ1v) is 5.65. The van der Waals surface area contributed by atoms with Crippen molar-refractivity contribution in [1.82, 2.24) is 0 Å². The Kier molecular flexibility index (Phi) is 5.09. The molecule has 1 heterocycles. The summed E-state index contributed by atoms with van der Waals surface area (Å²) in [6.45, 7) is 14.4. The van der Waals surface area contributed by atoms with E-state index in [4.69, 9.17) is 10.2 Å². The van der Waals surface area contributed by atoms with Crippen LogP contribution in [0.2, 0.25) is 0 Å². The van der Waals surface area contributed by atoms with Crippen molar-refractivity contribution in [2.45, 2.75) is 54.5 Å². The summed E-state index contributed by atoms with van der Waals surface area (Å²) in [5.41, 5.74) is 7.29. The summed E-state index contributed by atoms with van der Waals surface area (Å²) in [7, 11) is 0. The van der Waals surface area contributed by atoms with Gasteiger partial charge in [0.15, 0.2) is 0 Å². The van der Waals surface area contributed by atoms with E-state index in [1.54, 1.807) is 0 Å². The molecule has 15 heavy (non-hydrogen) atoms. The summed E-state index contributed by atoms with van der Waals surface area (Å²) in [6, 6.07) is 2.01. The van der Waals surface area contributed by atoms with Crippen LogP contribution in [0.15, 0.2) is 10.5 Å². The Bertz CT molecular complexity index is 274. The molecule has 0 saturated heterocycles. The third-order valence-electron chi connectivity index (χ3n) is 2.42. The number of rotatable bonds is 1. The van der Waals surface area contributed by atoms with Gasteiger partial charge in [-0.3, -0.25) is 0 Å². The second-order valence-electron chi connectivity index (χ2n) is 4.73. The fraction of sp³-hybridized carbons (Fsp3) is 0.692. The summed E-state index contributed by atoms with van der Waals surface area (Å²) >= 11 is 0. The van der Waals surface area contributed by atoms with Crippen LogP contribution in [0.25, 0.3) is 0 Å². The smallest absolute Gasteiger partial charge is 0.121 e.